The summed E-state index contributed by atoms with van der Waals surface area (Å²) >= 11 is 1.18. The molecule has 1 aliphatic heterocycles. The molecule has 1 saturated heterocycles. The predicted octanol–water partition coefficient (Wildman–Crippen LogP) is 7.49. The van der Waals surface area contributed by atoms with Crippen LogP contribution in [0.15, 0.2) is 78.0 Å². The topological polar surface area (TPSA) is 111 Å². The molecule has 1 aliphatic rings. The van der Waals surface area contributed by atoms with Crippen molar-refractivity contribution in [3.63, 3.8) is 0 Å². The van der Waals surface area contributed by atoms with E-state index in [9.17, 15) is 22.8 Å². The van der Waals surface area contributed by atoms with Crippen LogP contribution < -0.4 is 19.7 Å². The van der Waals surface area contributed by atoms with Gasteiger partial charge in [0, 0.05) is 5.69 Å². The van der Waals surface area contributed by atoms with Crippen LogP contribution in [-0.4, -0.2) is 50.1 Å². The Morgan fingerprint density at radius 2 is 1.85 bits per heavy atom. The van der Waals surface area contributed by atoms with Crippen molar-refractivity contribution in [2.75, 3.05) is 16.0 Å². The molecule has 0 bridgehead atoms. The summed E-state index contributed by atoms with van der Waals surface area (Å²) in [4.78, 5) is 35.5. The van der Waals surface area contributed by atoms with Gasteiger partial charge in [-0.3, -0.25) is 9.69 Å². The minimum Gasteiger partial charge on any atom is -0.489 e. The smallest absolute Gasteiger partial charge is 0.489 e. The molecular formula is C32H29F3N6O4S. The molecule has 0 aliphatic carbocycles. The van der Waals surface area contributed by atoms with Gasteiger partial charge in [0.15, 0.2) is 11.0 Å². The molecule has 0 radical (unpaired) electrons. The van der Waals surface area contributed by atoms with Gasteiger partial charge in [0.05, 0.1) is 23.2 Å². The van der Waals surface area contributed by atoms with Crippen molar-refractivity contribution in [2.45, 2.75) is 39.7 Å². The summed E-state index contributed by atoms with van der Waals surface area (Å²) in [5, 5.41) is 7.31. The van der Waals surface area contributed by atoms with Crippen LogP contribution in [0.3, 0.4) is 0 Å². The van der Waals surface area contributed by atoms with Crippen LogP contribution in [0.25, 0.3) is 17.8 Å². The van der Waals surface area contributed by atoms with E-state index in [2.05, 4.69) is 25.1 Å². The van der Waals surface area contributed by atoms with Crippen LogP contribution in [-0.2, 0) is 4.79 Å². The number of benzene rings is 3. The number of amides is 3. The fourth-order valence-electron chi connectivity index (χ4n) is 4.25. The SMILES string of the molecule is CCC(C)Oc1ccc(C)cc1N1C(=O)CSC1=NC(=O)Nc1ccc(/C=C/c2ncn(-c3ccc(OC(F)(F)F)cc3)n2)cc1. The number of anilines is 2. The maximum absolute atomic E-state index is 12.9. The van der Waals surface area contributed by atoms with Gasteiger partial charge in [-0.15, -0.1) is 18.3 Å². The van der Waals surface area contributed by atoms with Crippen molar-refractivity contribution in [2.24, 2.45) is 4.99 Å². The number of hydrogen-bond donors (Lipinski definition) is 1. The van der Waals surface area contributed by atoms with E-state index in [-0.39, 0.29) is 28.7 Å². The molecule has 1 atom stereocenters. The minimum atomic E-state index is -4.77. The lowest BCUT2D eigenvalue weighted by molar-refractivity contribution is -0.274. The van der Waals surface area contributed by atoms with Gasteiger partial charge in [-0.25, -0.2) is 14.5 Å². The molecule has 5 rings (SSSR count). The van der Waals surface area contributed by atoms with Gasteiger partial charge in [0.25, 0.3) is 0 Å². The first-order valence-corrected chi connectivity index (χ1v) is 15.1. The number of urea groups is 1. The lowest BCUT2D eigenvalue weighted by Crippen LogP contribution is -2.31. The van der Waals surface area contributed by atoms with Gasteiger partial charge in [0.1, 0.15) is 17.8 Å². The maximum atomic E-state index is 12.9. The van der Waals surface area contributed by atoms with Crippen LogP contribution >= 0.6 is 11.8 Å². The zero-order chi connectivity index (χ0) is 32.8. The Labute approximate surface area is 266 Å². The van der Waals surface area contributed by atoms with E-state index < -0.39 is 12.4 Å². The Balaban J connectivity index is 1.22. The van der Waals surface area contributed by atoms with Gasteiger partial charge in [-0.2, -0.15) is 4.99 Å². The number of alkyl halides is 3. The summed E-state index contributed by atoms with van der Waals surface area (Å²) in [6.07, 6.45) is 0.849. The molecule has 1 unspecified atom stereocenters. The van der Waals surface area contributed by atoms with Crippen LogP contribution in [0.4, 0.5) is 29.3 Å². The molecule has 14 heteroatoms. The molecule has 46 heavy (non-hydrogen) atoms. The number of carbonyl (C=O) groups excluding carboxylic acids is 2. The van der Waals surface area contributed by atoms with Crippen LogP contribution in [0.1, 0.15) is 37.2 Å². The Hall–Kier alpha value is -5.11. The molecular weight excluding hydrogens is 621 g/mol. The van der Waals surface area contributed by atoms with E-state index in [1.807, 2.05) is 39.0 Å². The summed E-state index contributed by atoms with van der Waals surface area (Å²) < 4.78 is 48.5. The largest absolute Gasteiger partial charge is 0.573 e. The lowest BCUT2D eigenvalue weighted by atomic mass is 10.2. The Bertz CT molecular complexity index is 1770. The zero-order valence-electron chi connectivity index (χ0n) is 25.0. The second kappa shape index (κ2) is 13.9. The molecule has 0 saturated carbocycles. The van der Waals surface area contributed by atoms with E-state index >= 15 is 0 Å². The number of aromatic nitrogens is 3. The number of nitrogens with one attached hydrogen (secondary N) is 1. The van der Waals surface area contributed by atoms with Crippen molar-refractivity contribution in [3.8, 4) is 17.2 Å². The fraction of sp³-hybridized carbons (Fsp3) is 0.219. The average Bonchev–Trinajstić information content (AvgIpc) is 3.63. The van der Waals surface area contributed by atoms with Gasteiger partial charge in [-0.1, -0.05) is 43.0 Å². The van der Waals surface area contributed by atoms with E-state index in [1.165, 1.54) is 51.9 Å². The van der Waals surface area contributed by atoms with Crippen LogP contribution in [0, 0.1) is 6.92 Å². The van der Waals surface area contributed by atoms with E-state index in [0.29, 0.717) is 28.6 Å². The molecule has 1 N–H and O–H groups in total. The van der Waals surface area contributed by atoms with E-state index in [1.54, 1.807) is 36.4 Å². The molecule has 0 spiro atoms. The molecule has 238 valence electrons. The average molecular weight is 651 g/mol. The van der Waals surface area contributed by atoms with Gasteiger partial charge >= 0.3 is 12.4 Å². The Morgan fingerprint density at radius 3 is 2.54 bits per heavy atom. The number of rotatable bonds is 9. The first kappa shape index (κ1) is 32.3. The summed E-state index contributed by atoms with van der Waals surface area (Å²) in [6.45, 7) is 5.87. The zero-order valence-corrected chi connectivity index (χ0v) is 25.8. The number of halogens is 3. The maximum Gasteiger partial charge on any atom is 0.573 e. The second-order valence-corrected chi connectivity index (χ2v) is 11.1. The van der Waals surface area contributed by atoms with Crippen molar-refractivity contribution in [1.29, 1.82) is 0 Å². The van der Waals surface area contributed by atoms with E-state index in [0.717, 1.165) is 17.5 Å². The standard InChI is InChI=1S/C32H29F3N6O4S/c1-4-21(3)44-27-15-5-20(2)17-26(27)41-29(42)18-46-31(41)38-30(43)37-23-9-6-22(7-10-23)8-16-28-36-19-40(39-28)24-11-13-25(14-12-24)45-32(33,34)35/h5-17,19,21H,4,18H2,1-3H3,(H,37,43)/b16-8+,38-31?. The Kier molecular flexibility index (Phi) is 9.75. The Morgan fingerprint density at radius 1 is 1.11 bits per heavy atom. The highest BCUT2D eigenvalue weighted by Gasteiger charge is 2.33. The molecule has 2 heterocycles. The summed E-state index contributed by atoms with van der Waals surface area (Å²) in [5.41, 5.74) is 3.29. The number of hydrogen-bond acceptors (Lipinski definition) is 7. The minimum absolute atomic E-state index is 0.0573. The molecule has 1 fully saturated rings. The number of amidine groups is 1. The van der Waals surface area contributed by atoms with E-state index in [4.69, 9.17) is 4.74 Å². The van der Waals surface area contributed by atoms with Gasteiger partial charge in [-0.05, 0) is 86.0 Å². The quantitative estimate of drug-likeness (QED) is 0.200. The molecule has 3 amide bonds. The highest BCUT2D eigenvalue weighted by Crippen LogP contribution is 2.36. The van der Waals surface area contributed by atoms with Crippen molar-refractivity contribution < 1.29 is 32.2 Å². The van der Waals surface area contributed by atoms with Gasteiger partial charge in [0.2, 0.25) is 5.91 Å². The van der Waals surface area contributed by atoms with Crippen molar-refractivity contribution in [1.82, 2.24) is 14.8 Å². The lowest BCUT2D eigenvalue weighted by Gasteiger charge is -2.22. The third kappa shape index (κ3) is 8.33. The third-order valence-electron chi connectivity index (χ3n) is 6.65. The first-order chi connectivity index (χ1) is 22.0. The predicted molar refractivity (Wildman–Crippen MR) is 171 cm³/mol. The second-order valence-electron chi connectivity index (χ2n) is 10.2. The molecule has 10 nitrogen and oxygen atoms in total. The fourth-order valence-corrected chi connectivity index (χ4v) is 5.11. The van der Waals surface area contributed by atoms with Crippen molar-refractivity contribution in [3.05, 3.63) is 90.0 Å². The highest BCUT2D eigenvalue weighted by molar-refractivity contribution is 8.15. The highest BCUT2D eigenvalue weighted by atomic mass is 32.2. The normalized spacial score (nSPS) is 15.0. The number of thioether (sulfide) groups is 1. The summed E-state index contributed by atoms with van der Waals surface area (Å²) in [6, 6.07) is 17.2. The number of aliphatic imine (C=N–C) groups is 1. The summed E-state index contributed by atoms with van der Waals surface area (Å²) in [7, 11) is 0. The monoisotopic (exact) mass is 650 g/mol. The number of nitrogens with zero attached hydrogens (tertiary/aromatic N) is 5. The molecule has 4 aromatic rings. The van der Waals surface area contributed by atoms with Crippen molar-refractivity contribution >= 4 is 52.4 Å². The molecule has 3 aromatic carbocycles. The number of aryl methyl sites for hydroxylation is 1. The first-order valence-electron chi connectivity index (χ1n) is 14.2. The number of carbonyl (C=O) groups is 2. The van der Waals surface area contributed by atoms with Crippen LogP contribution in [0.5, 0.6) is 11.5 Å². The number of ether oxygens (including phenoxy) is 2. The van der Waals surface area contributed by atoms with Crippen LogP contribution in [0.2, 0.25) is 0 Å². The summed E-state index contributed by atoms with van der Waals surface area (Å²) in [5.74, 6) is 0.549. The molecule has 1 aromatic heterocycles. The third-order valence-corrected chi connectivity index (χ3v) is 7.58. The van der Waals surface area contributed by atoms with Gasteiger partial charge < -0.3 is 14.8 Å².